The summed E-state index contributed by atoms with van der Waals surface area (Å²) < 4.78 is 0. The van der Waals surface area contributed by atoms with Gasteiger partial charge in [0.1, 0.15) is 0 Å². The van der Waals surface area contributed by atoms with Crippen LogP contribution in [0.5, 0.6) is 0 Å². The average Bonchev–Trinajstić information content (AvgIpc) is 2.85. The molecule has 2 heteroatoms. The van der Waals surface area contributed by atoms with E-state index in [9.17, 15) is 0 Å². The third-order valence-corrected chi connectivity index (χ3v) is 5.00. The van der Waals surface area contributed by atoms with E-state index in [0.29, 0.717) is 6.04 Å². The molecule has 1 heterocycles. The first-order valence-electron chi connectivity index (χ1n) is 7.61. The van der Waals surface area contributed by atoms with Gasteiger partial charge in [-0.25, -0.2) is 0 Å². The average molecular weight is 240 g/mol. The van der Waals surface area contributed by atoms with E-state index in [2.05, 4.69) is 32.6 Å². The van der Waals surface area contributed by atoms with Crippen molar-refractivity contribution in [1.82, 2.24) is 4.90 Å². The minimum atomic E-state index is 0.264. The van der Waals surface area contributed by atoms with Gasteiger partial charge in [0.25, 0.3) is 0 Å². The third kappa shape index (κ3) is 3.23. The summed E-state index contributed by atoms with van der Waals surface area (Å²) >= 11 is 0. The molecule has 2 nitrogen and oxygen atoms in total. The predicted molar refractivity (Wildman–Crippen MR) is 76.2 cm³/mol. The zero-order valence-corrected chi connectivity index (χ0v) is 12.3. The van der Waals surface area contributed by atoms with Gasteiger partial charge in [0.15, 0.2) is 0 Å². The van der Waals surface area contributed by atoms with Crippen LogP contribution in [0.1, 0.15) is 66.2 Å². The number of likely N-dealkylation sites (tertiary alicyclic amines) is 1. The molecule has 1 aliphatic rings. The summed E-state index contributed by atoms with van der Waals surface area (Å²) in [6.07, 6.45) is 7.53. The van der Waals surface area contributed by atoms with Crippen molar-refractivity contribution in [2.24, 2.45) is 11.7 Å². The molecule has 102 valence electrons. The van der Waals surface area contributed by atoms with Crippen LogP contribution in [0.3, 0.4) is 0 Å². The Bertz CT molecular complexity index is 205. The third-order valence-electron chi connectivity index (χ3n) is 5.00. The van der Waals surface area contributed by atoms with E-state index in [0.717, 1.165) is 5.92 Å². The summed E-state index contributed by atoms with van der Waals surface area (Å²) in [5.41, 5.74) is 6.85. The number of nitrogens with zero attached hydrogens (tertiary/aromatic N) is 1. The Labute approximate surface area is 108 Å². The molecule has 2 N–H and O–H groups in total. The van der Waals surface area contributed by atoms with Crippen molar-refractivity contribution in [2.45, 2.75) is 77.8 Å². The molecular weight excluding hydrogens is 208 g/mol. The van der Waals surface area contributed by atoms with E-state index in [1.807, 2.05) is 0 Å². The fourth-order valence-corrected chi connectivity index (χ4v) is 3.44. The molecule has 1 fully saturated rings. The van der Waals surface area contributed by atoms with Crippen LogP contribution >= 0.6 is 0 Å². The predicted octanol–water partition coefficient (Wildman–Crippen LogP) is 3.40. The Balaban J connectivity index is 2.74. The highest BCUT2D eigenvalue weighted by Gasteiger charge is 2.40. The Morgan fingerprint density at radius 2 is 1.65 bits per heavy atom. The molecule has 17 heavy (non-hydrogen) atoms. The Morgan fingerprint density at radius 1 is 1.12 bits per heavy atom. The largest absolute Gasteiger partial charge is 0.326 e. The van der Waals surface area contributed by atoms with Crippen LogP contribution in [0.2, 0.25) is 0 Å². The Hall–Kier alpha value is -0.0800. The summed E-state index contributed by atoms with van der Waals surface area (Å²) in [7, 11) is 0. The van der Waals surface area contributed by atoms with E-state index in [-0.39, 0.29) is 5.54 Å². The lowest BCUT2D eigenvalue weighted by Crippen LogP contribution is -2.59. The Morgan fingerprint density at radius 3 is 2.06 bits per heavy atom. The normalized spacial score (nSPS) is 21.7. The van der Waals surface area contributed by atoms with Crippen molar-refractivity contribution in [3.63, 3.8) is 0 Å². The van der Waals surface area contributed by atoms with E-state index in [1.54, 1.807) is 0 Å². The fraction of sp³-hybridized carbons (Fsp3) is 1.00. The minimum absolute atomic E-state index is 0.264. The second kappa shape index (κ2) is 6.75. The zero-order chi connectivity index (χ0) is 12.9. The van der Waals surface area contributed by atoms with Crippen LogP contribution in [0.4, 0.5) is 0 Å². The molecule has 0 aromatic heterocycles. The fourth-order valence-electron chi connectivity index (χ4n) is 3.44. The van der Waals surface area contributed by atoms with Crippen LogP contribution in [-0.4, -0.2) is 29.6 Å². The summed E-state index contributed by atoms with van der Waals surface area (Å²) in [5.74, 6) is 0.755. The molecule has 2 unspecified atom stereocenters. The lowest BCUT2D eigenvalue weighted by atomic mass is 9.79. The topological polar surface area (TPSA) is 29.3 Å². The number of nitrogens with two attached hydrogens (primary N) is 1. The molecular formula is C15H32N2. The van der Waals surface area contributed by atoms with Gasteiger partial charge >= 0.3 is 0 Å². The van der Waals surface area contributed by atoms with Crippen molar-refractivity contribution in [2.75, 3.05) is 13.1 Å². The van der Waals surface area contributed by atoms with Gasteiger partial charge in [0.05, 0.1) is 0 Å². The smallest absolute Gasteiger partial charge is 0.0355 e. The van der Waals surface area contributed by atoms with E-state index in [1.165, 1.54) is 51.6 Å². The van der Waals surface area contributed by atoms with Crippen molar-refractivity contribution in [1.29, 1.82) is 0 Å². The lowest BCUT2D eigenvalue weighted by molar-refractivity contribution is 0.0680. The quantitative estimate of drug-likeness (QED) is 0.739. The number of hydrogen-bond acceptors (Lipinski definition) is 2. The van der Waals surface area contributed by atoms with Crippen LogP contribution < -0.4 is 5.73 Å². The first-order valence-corrected chi connectivity index (χ1v) is 7.61. The monoisotopic (exact) mass is 240 g/mol. The zero-order valence-electron chi connectivity index (χ0n) is 12.3. The molecule has 1 aliphatic heterocycles. The maximum atomic E-state index is 6.59. The maximum Gasteiger partial charge on any atom is 0.0355 e. The SMILES string of the molecule is CCC(C)CC(N)C(CC)(CC)N1CCCC1. The molecule has 1 rings (SSSR count). The number of rotatable bonds is 7. The lowest BCUT2D eigenvalue weighted by Gasteiger charge is -2.46. The van der Waals surface area contributed by atoms with Gasteiger partial charge in [-0.05, 0) is 51.1 Å². The van der Waals surface area contributed by atoms with Gasteiger partial charge in [-0.3, -0.25) is 4.90 Å². The van der Waals surface area contributed by atoms with Crippen molar-refractivity contribution in [3.05, 3.63) is 0 Å². The second-order valence-corrected chi connectivity index (χ2v) is 5.86. The molecule has 0 spiro atoms. The first-order chi connectivity index (χ1) is 8.10. The van der Waals surface area contributed by atoms with Gasteiger partial charge in [0, 0.05) is 11.6 Å². The summed E-state index contributed by atoms with van der Waals surface area (Å²) in [5, 5.41) is 0. The van der Waals surface area contributed by atoms with Gasteiger partial charge in [-0.15, -0.1) is 0 Å². The molecule has 0 aromatic rings. The second-order valence-electron chi connectivity index (χ2n) is 5.86. The Kier molecular flexibility index (Phi) is 5.94. The molecule has 0 aliphatic carbocycles. The van der Waals surface area contributed by atoms with Gasteiger partial charge in [0.2, 0.25) is 0 Å². The van der Waals surface area contributed by atoms with Gasteiger partial charge in [-0.2, -0.15) is 0 Å². The standard InChI is InChI=1S/C15H32N2/c1-5-13(4)12-14(16)15(6-2,7-3)17-10-8-9-11-17/h13-14H,5-12,16H2,1-4H3. The van der Waals surface area contributed by atoms with Crippen LogP contribution in [0, 0.1) is 5.92 Å². The van der Waals surface area contributed by atoms with Crippen LogP contribution in [-0.2, 0) is 0 Å². The van der Waals surface area contributed by atoms with Crippen LogP contribution in [0.15, 0.2) is 0 Å². The maximum absolute atomic E-state index is 6.59. The van der Waals surface area contributed by atoms with E-state index < -0.39 is 0 Å². The van der Waals surface area contributed by atoms with Crippen molar-refractivity contribution < 1.29 is 0 Å². The molecule has 1 saturated heterocycles. The van der Waals surface area contributed by atoms with Gasteiger partial charge < -0.3 is 5.73 Å². The molecule has 0 radical (unpaired) electrons. The van der Waals surface area contributed by atoms with Crippen molar-refractivity contribution in [3.8, 4) is 0 Å². The molecule has 0 saturated carbocycles. The molecule has 0 amide bonds. The molecule has 0 aromatic carbocycles. The minimum Gasteiger partial charge on any atom is -0.326 e. The summed E-state index contributed by atoms with van der Waals surface area (Å²) in [6, 6.07) is 0.338. The number of hydrogen-bond donors (Lipinski definition) is 1. The van der Waals surface area contributed by atoms with Crippen molar-refractivity contribution >= 4 is 0 Å². The highest BCUT2D eigenvalue weighted by molar-refractivity contribution is 4.99. The summed E-state index contributed by atoms with van der Waals surface area (Å²) in [6.45, 7) is 11.8. The van der Waals surface area contributed by atoms with Gasteiger partial charge in [-0.1, -0.05) is 34.1 Å². The highest BCUT2D eigenvalue weighted by atomic mass is 15.2. The van der Waals surface area contributed by atoms with E-state index in [4.69, 9.17) is 5.73 Å². The van der Waals surface area contributed by atoms with Crippen LogP contribution in [0.25, 0.3) is 0 Å². The molecule has 2 atom stereocenters. The first kappa shape index (κ1) is 15.0. The summed E-state index contributed by atoms with van der Waals surface area (Å²) in [4.78, 5) is 2.68. The highest BCUT2D eigenvalue weighted by Crippen LogP contribution is 2.33. The van der Waals surface area contributed by atoms with E-state index >= 15 is 0 Å². The molecule has 0 bridgehead atoms.